The SMILES string of the molecule is NC(=O)NC(=O)COC(=O)c1cccc(S(=O)(=O)N2CCN(c3ccccc3)CC2)c1. The number of piperazine rings is 1. The number of hydrogen-bond donors (Lipinski definition) is 2. The molecule has 0 aliphatic carbocycles. The molecule has 11 heteroatoms. The normalized spacial score (nSPS) is 14.6. The molecule has 0 saturated carbocycles. The lowest BCUT2D eigenvalue weighted by Crippen LogP contribution is -2.48. The molecule has 1 heterocycles. The number of carbonyl (C=O) groups excluding carboxylic acids is 3. The highest BCUT2D eigenvalue weighted by atomic mass is 32.2. The van der Waals surface area contributed by atoms with Crippen LogP contribution in [0.2, 0.25) is 0 Å². The molecule has 2 aromatic rings. The monoisotopic (exact) mass is 446 g/mol. The largest absolute Gasteiger partial charge is 0.452 e. The Labute approximate surface area is 179 Å². The van der Waals surface area contributed by atoms with Crippen molar-refractivity contribution in [3.05, 3.63) is 60.2 Å². The second-order valence-electron chi connectivity index (χ2n) is 6.74. The first kappa shape index (κ1) is 22.2. The molecule has 10 nitrogen and oxygen atoms in total. The van der Waals surface area contributed by atoms with E-state index in [1.807, 2.05) is 30.3 Å². The molecule has 0 atom stereocenters. The van der Waals surface area contributed by atoms with E-state index in [-0.39, 0.29) is 10.5 Å². The molecule has 3 rings (SSSR count). The van der Waals surface area contributed by atoms with Crippen LogP contribution in [0.4, 0.5) is 10.5 Å². The number of imide groups is 1. The Morgan fingerprint density at radius 1 is 0.968 bits per heavy atom. The molecule has 0 spiro atoms. The molecular weight excluding hydrogens is 424 g/mol. The number of primary amides is 1. The van der Waals surface area contributed by atoms with Gasteiger partial charge in [0.2, 0.25) is 10.0 Å². The maximum Gasteiger partial charge on any atom is 0.338 e. The average molecular weight is 446 g/mol. The van der Waals surface area contributed by atoms with E-state index < -0.39 is 34.5 Å². The van der Waals surface area contributed by atoms with Gasteiger partial charge in [-0.15, -0.1) is 0 Å². The average Bonchev–Trinajstić information content (AvgIpc) is 2.78. The smallest absolute Gasteiger partial charge is 0.338 e. The molecule has 1 saturated heterocycles. The Kier molecular flexibility index (Phi) is 6.88. The van der Waals surface area contributed by atoms with Gasteiger partial charge in [-0.1, -0.05) is 24.3 Å². The number of ether oxygens (including phenoxy) is 1. The van der Waals surface area contributed by atoms with Crippen molar-refractivity contribution in [2.24, 2.45) is 5.73 Å². The predicted molar refractivity (Wildman–Crippen MR) is 112 cm³/mol. The molecule has 1 fully saturated rings. The summed E-state index contributed by atoms with van der Waals surface area (Å²) >= 11 is 0. The van der Waals surface area contributed by atoms with E-state index in [0.717, 1.165) is 5.69 Å². The van der Waals surface area contributed by atoms with Crippen LogP contribution in [0.1, 0.15) is 10.4 Å². The number of benzene rings is 2. The molecule has 0 radical (unpaired) electrons. The molecule has 0 aromatic heterocycles. The number of nitrogens with zero attached hydrogens (tertiary/aromatic N) is 2. The number of amides is 3. The Morgan fingerprint density at radius 2 is 1.65 bits per heavy atom. The highest BCUT2D eigenvalue weighted by Gasteiger charge is 2.29. The molecule has 1 aliphatic heterocycles. The fraction of sp³-hybridized carbons (Fsp3) is 0.250. The lowest BCUT2D eigenvalue weighted by Gasteiger charge is -2.35. The number of urea groups is 1. The van der Waals surface area contributed by atoms with Gasteiger partial charge in [0, 0.05) is 31.9 Å². The highest BCUT2D eigenvalue weighted by molar-refractivity contribution is 7.89. The van der Waals surface area contributed by atoms with Gasteiger partial charge >= 0.3 is 12.0 Å². The topological polar surface area (TPSA) is 139 Å². The Morgan fingerprint density at radius 3 is 2.29 bits per heavy atom. The second-order valence-corrected chi connectivity index (χ2v) is 8.68. The van der Waals surface area contributed by atoms with Crippen LogP contribution in [0.3, 0.4) is 0 Å². The third-order valence-electron chi connectivity index (χ3n) is 4.66. The van der Waals surface area contributed by atoms with Crippen LogP contribution in [0.25, 0.3) is 0 Å². The van der Waals surface area contributed by atoms with Gasteiger partial charge in [0.15, 0.2) is 6.61 Å². The fourth-order valence-corrected chi connectivity index (χ4v) is 4.61. The Balaban J connectivity index is 1.65. The minimum absolute atomic E-state index is 0.0316. The molecule has 0 bridgehead atoms. The van der Waals surface area contributed by atoms with Crippen molar-refractivity contribution in [2.75, 3.05) is 37.7 Å². The summed E-state index contributed by atoms with van der Waals surface area (Å²) in [5, 5.41) is 1.76. The summed E-state index contributed by atoms with van der Waals surface area (Å²) in [6, 6.07) is 14.1. The maximum atomic E-state index is 13.0. The molecule has 164 valence electrons. The van der Waals surface area contributed by atoms with E-state index in [1.165, 1.54) is 28.6 Å². The first-order chi connectivity index (χ1) is 14.8. The summed E-state index contributed by atoms with van der Waals surface area (Å²) in [6.45, 7) is 0.971. The maximum absolute atomic E-state index is 13.0. The van der Waals surface area contributed by atoms with Crippen LogP contribution in [-0.2, 0) is 19.6 Å². The summed E-state index contributed by atoms with van der Waals surface area (Å²) in [5.41, 5.74) is 5.81. The van der Waals surface area contributed by atoms with Crippen molar-refractivity contribution in [1.82, 2.24) is 9.62 Å². The summed E-state index contributed by atoms with van der Waals surface area (Å²) in [7, 11) is -3.81. The van der Waals surface area contributed by atoms with Crippen LogP contribution in [0.15, 0.2) is 59.5 Å². The van der Waals surface area contributed by atoms with Gasteiger partial charge in [-0.3, -0.25) is 10.1 Å². The summed E-state index contributed by atoms with van der Waals surface area (Å²) in [6.07, 6.45) is 0. The van der Waals surface area contributed by atoms with Gasteiger partial charge in [0.25, 0.3) is 5.91 Å². The molecule has 3 amide bonds. The lowest BCUT2D eigenvalue weighted by atomic mass is 10.2. The number of anilines is 1. The van der Waals surface area contributed by atoms with Gasteiger partial charge in [-0.05, 0) is 30.3 Å². The minimum Gasteiger partial charge on any atom is -0.452 e. The van der Waals surface area contributed by atoms with Gasteiger partial charge in [0.1, 0.15) is 0 Å². The first-order valence-corrected chi connectivity index (χ1v) is 10.9. The van der Waals surface area contributed by atoms with Crippen LogP contribution >= 0.6 is 0 Å². The van der Waals surface area contributed by atoms with E-state index in [9.17, 15) is 22.8 Å². The van der Waals surface area contributed by atoms with Gasteiger partial charge in [-0.25, -0.2) is 18.0 Å². The Bertz CT molecular complexity index is 1070. The van der Waals surface area contributed by atoms with Gasteiger partial charge in [0.05, 0.1) is 10.5 Å². The molecule has 31 heavy (non-hydrogen) atoms. The zero-order valence-electron chi connectivity index (χ0n) is 16.6. The van der Waals surface area contributed by atoms with Crippen molar-refractivity contribution in [1.29, 1.82) is 0 Å². The van der Waals surface area contributed by atoms with Crippen LogP contribution < -0.4 is 16.0 Å². The van der Waals surface area contributed by atoms with Crippen molar-refractivity contribution in [3.8, 4) is 0 Å². The van der Waals surface area contributed by atoms with Crippen molar-refractivity contribution >= 4 is 33.6 Å². The number of nitrogens with one attached hydrogen (secondary N) is 1. The standard InChI is InChI=1S/C20H22N4O6S/c21-20(27)22-18(25)14-30-19(26)15-5-4-8-17(13-15)31(28,29)24-11-9-23(10-12-24)16-6-2-1-3-7-16/h1-8,13H,9-12,14H2,(H3,21,22,25,27). The van der Waals surface area contributed by atoms with E-state index in [1.54, 1.807) is 5.32 Å². The predicted octanol–water partition coefficient (Wildman–Crippen LogP) is 0.549. The number of sulfonamides is 1. The Hall–Kier alpha value is -3.44. The number of carbonyl (C=O) groups is 3. The summed E-state index contributed by atoms with van der Waals surface area (Å²) in [5.74, 6) is -1.79. The van der Waals surface area contributed by atoms with Crippen LogP contribution in [0.5, 0.6) is 0 Å². The summed E-state index contributed by atoms with van der Waals surface area (Å²) in [4.78, 5) is 36.2. The molecule has 1 aliphatic rings. The van der Waals surface area contributed by atoms with Crippen molar-refractivity contribution < 1.29 is 27.5 Å². The minimum atomic E-state index is -3.81. The number of rotatable bonds is 6. The molecule has 3 N–H and O–H groups in total. The number of esters is 1. The first-order valence-electron chi connectivity index (χ1n) is 9.44. The lowest BCUT2D eigenvalue weighted by molar-refractivity contribution is -0.123. The molecule has 0 unspecified atom stereocenters. The zero-order valence-corrected chi connectivity index (χ0v) is 17.4. The number of hydrogen-bond acceptors (Lipinski definition) is 7. The quantitative estimate of drug-likeness (QED) is 0.618. The second kappa shape index (κ2) is 9.58. The van der Waals surface area contributed by atoms with Crippen LogP contribution in [0, 0.1) is 0 Å². The third kappa shape index (κ3) is 5.58. The van der Waals surface area contributed by atoms with E-state index in [0.29, 0.717) is 26.2 Å². The fourth-order valence-electron chi connectivity index (χ4n) is 3.15. The van der Waals surface area contributed by atoms with Gasteiger partial charge < -0.3 is 15.4 Å². The molecular formula is C20H22N4O6S. The van der Waals surface area contributed by atoms with Crippen LogP contribution in [-0.4, -0.2) is 63.4 Å². The van der Waals surface area contributed by atoms with E-state index >= 15 is 0 Å². The van der Waals surface area contributed by atoms with Crippen molar-refractivity contribution in [3.63, 3.8) is 0 Å². The van der Waals surface area contributed by atoms with Gasteiger partial charge in [-0.2, -0.15) is 4.31 Å². The highest BCUT2D eigenvalue weighted by Crippen LogP contribution is 2.22. The third-order valence-corrected chi connectivity index (χ3v) is 6.56. The number of para-hydroxylation sites is 1. The van der Waals surface area contributed by atoms with E-state index in [4.69, 9.17) is 10.5 Å². The van der Waals surface area contributed by atoms with Crippen molar-refractivity contribution in [2.45, 2.75) is 4.90 Å². The zero-order chi connectivity index (χ0) is 22.4. The molecule has 2 aromatic carbocycles. The number of nitrogens with two attached hydrogens (primary N) is 1. The van der Waals surface area contributed by atoms with E-state index in [2.05, 4.69) is 4.90 Å². The summed E-state index contributed by atoms with van der Waals surface area (Å²) < 4.78 is 32.2.